The van der Waals surface area contributed by atoms with Crippen LogP contribution < -0.4 is 5.32 Å². The number of hydrogen-bond acceptors (Lipinski definition) is 2. The van der Waals surface area contributed by atoms with Crippen molar-refractivity contribution in [3.8, 4) is 0 Å². The lowest BCUT2D eigenvalue weighted by molar-refractivity contribution is -0.151. The summed E-state index contributed by atoms with van der Waals surface area (Å²) in [4.78, 5) is 0. The Kier molecular flexibility index (Phi) is 3.95. The Labute approximate surface area is 112 Å². The summed E-state index contributed by atoms with van der Waals surface area (Å²) in [7, 11) is 0. The zero-order chi connectivity index (χ0) is 12.3. The summed E-state index contributed by atoms with van der Waals surface area (Å²) in [6.45, 7) is 0.993. The van der Waals surface area contributed by atoms with Crippen LogP contribution in [0.5, 0.6) is 0 Å². The molecule has 2 aliphatic carbocycles. The molecule has 3 aliphatic rings. The summed E-state index contributed by atoms with van der Waals surface area (Å²) >= 11 is 0. The van der Waals surface area contributed by atoms with E-state index in [9.17, 15) is 0 Å². The molecule has 18 heavy (non-hydrogen) atoms. The van der Waals surface area contributed by atoms with E-state index in [1.54, 1.807) is 0 Å². The molecule has 2 nitrogen and oxygen atoms in total. The van der Waals surface area contributed by atoms with Crippen molar-refractivity contribution in [3.05, 3.63) is 0 Å². The summed E-state index contributed by atoms with van der Waals surface area (Å²) in [6, 6.07) is 0. The molecule has 0 aromatic rings. The number of rotatable bonds is 0. The largest absolute Gasteiger partial charge is 0.361 e. The predicted octanol–water partition coefficient (Wildman–Crippen LogP) is 4.14. The maximum atomic E-state index is 6.26. The molecule has 0 bridgehead atoms. The average molecular weight is 251 g/mol. The molecule has 1 aliphatic heterocycles. The van der Waals surface area contributed by atoms with Gasteiger partial charge in [0.2, 0.25) is 0 Å². The lowest BCUT2D eigenvalue weighted by Crippen LogP contribution is -2.64. The minimum Gasteiger partial charge on any atom is -0.361 e. The Morgan fingerprint density at radius 1 is 0.611 bits per heavy atom. The van der Waals surface area contributed by atoms with Crippen molar-refractivity contribution < 1.29 is 4.74 Å². The first-order valence-corrected chi connectivity index (χ1v) is 8.26. The zero-order valence-electron chi connectivity index (χ0n) is 11.8. The van der Waals surface area contributed by atoms with Gasteiger partial charge in [0, 0.05) is 5.54 Å². The van der Waals surface area contributed by atoms with Gasteiger partial charge in [0.25, 0.3) is 0 Å². The molecule has 2 heteroatoms. The van der Waals surface area contributed by atoms with Crippen LogP contribution in [0.3, 0.4) is 0 Å². The Morgan fingerprint density at radius 2 is 1.17 bits per heavy atom. The minimum atomic E-state index is 0.0516. The Hall–Kier alpha value is -0.0800. The van der Waals surface area contributed by atoms with Crippen molar-refractivity contribution in [1.82, 2.24) is 5.32 Å². The third-order valence-electron chi connectivity index (χ3n) is 5.42. The molecule has 104 valence electrons. The van der Waals surface area contributed by atoms with Gasteiger partial charge >= 0.3 is 0 Å². The van der Waals surface area contributed by atoms with Gasteiger partial charge in [-0.3, -0.25) is 5.32 Å². The van der Waals surface area contributed by atoms with Crippen LogP contribution in [0.15, 0.2) is 0 Å². The van der Waals surface area contributed by atoms with Crippen molar-refractivity contribution in [1.29, 1.82) is 0 Å². The number of nitrogens with one attached hydrogen (secondary N) is 1. The summed E-state index contributed by atoms with van der Waals surface area (Å²) in [5.74, 6) is 0. The first-order chi connectivity index (χ1) is 8.83. The van der Waals surface area contributed by atoms with E-state index < -0.39 is 0 Å². The van der Waals surface area contributed by atoms with Crippen molar-refractivity contribution in [2.45, 2.75) is 94.7 Å². The van der Waals surface area contributed by atoms with Crippen LogP contribution in [0, 0.1) is 0 Å². The second kappa shape index (κ2) is 5.50. The second-order valence-electron chi connectivity index (χ2n) is 6.83. The lowest BCUT2D eigenvalue weighted by atomic mass is 9.76. The van der Waals surface area contributed by atoms with Gasteiger partial charge in [0.05, 0.1) is 6.61 Å². The Morgan fingerprint density at radius 3 is 1.89 bits per heavy atom. The highest BCUT2D eigenvalue weighted by atomic mass is 16.5. The fraction of sp³-hybridized carbons (Fsp3) is 1.00. The van der Waals surface area contributed by atoms with Crippen LogP contribution in [0.4, 0.5) is 0 Å². The van der Waals surface area contributed by atoms with E-state index in [1.807, 2.05) is 0 Å². The molecule has 3 rings (SSSR count). The van der Waals surface area contributed by atoms with Gasteiger partial charge in [0.15, 0.2) is 0 Å². The zero-order valence-corrected chi connectivity index (χ0v) is 11.8. The highest BCUT2D eigenvalue weighted by Crippen LogP contribution is 2.40. The summed E-state index contributed by atoms with van der Waals surface area (Å²) in [5, 5.41) is 4.03. The van der Waals surface area contributed by atoms with Crippen molar-refractivity contribution in [2.75, 3.05) is 6.61 Å². The Bertz CT molecular complexity index is 257. The molecule has 0 aromatic carbocycles. The molecule has 0 aromatic heterocycles. The molecule has 0 radical (unpaired) electrons. The van der Waals surface area contributed by atoms with E-state index in [1.165, 1.54) is 83.5 Å². The fourth-order valence-electron chi connectivity index (χ4n) is 4.37. The summed E-state index contributed by atoms with van der Waals surface area (Å²) < 4.78 is 6.26. The average Bonchev–Trinajstić information content (AvgIpc) is 2.36. The first kappa shape index (κ1) is 12.9. The smallest absolute Gasteiger partial charge is 0.119 e. The van der Waals surface area contributed by atoms with Crippen molar-refractivity contribution in [3.63, 3.8) is 0 Å². The van der Waals surface area contributed by atoms with Crippen LogP contribution in [-0.2, 0) is 4.74 Å². The molecule has 1 heterocycles. The SMILES string of the molecule is C1CCCC2(CCC1)NC1(CCCCC1)CCO2. The van der Waals surface area contributed by atoms with Crippen LogP contribution in [-0.4, -0.2) is 17.9 Å². The molecule has 3 fully saturated rings. The lowest BCUT2D eigenvalue weighted by Gasteiger charge is -2.51. The van der Waals surface area contributed by atoms with Gasteiger partial charge in [0.1, 0.15) is 5.72 Å². The topological polar surface area (TPSA) is 21.3 Å². The maximum absolute atomic E-state index is 6.26. The van der Waals surface area contributed by atoms with Crippen molar-refractivity contribution in [2.24, 2.45) is 0 Å². The van der Waals surface area contributed by atoms with Crippen molar-refractivity contribution >= 4 is 0 Å². The molecular weight excluding hydrogens is 222 g/mol. The van der Waals surface area contributed by atoms with Crippen LogP contribution in [0.1, 0.15) is 83.5 Å². The van der Waals surface area contributed by atoms with E-state index in [-0.39, 0.29) is 5.72 Å². The van der Waals surface area contributed by atoms with Gasteiger partial charge in [-0.2, -0.15) is 0 Å². The third-order valence-corrected chi connectivity index (χ3v) is 5.42. The summed E-state index contributed by atoms with van der Waals surface area (Å²) in [6.07, 6.45) is 17.7. The molecule has 2 spiro atoms. The minimum absolute atomic E-state index is 0.0516. The maximum Gasteiger partial charge on any atom is 0.119 e. The standard InChI is InChI=1S/C16H29NO/c1-2-7-11-16(12-8-3-1)17-15(13-14-18-16)9-5-4-6-10-15/h17H,1-14H2. The number of hydrogen-bond donors (Lipinski definition) is 1. The molecule has 0 amide bonds. The Balaban J connectivity index is 1.70. The molecule has 0 atom stereocenters. The number of ether oxygens (including phenoxy) is 1. The fourth-order valence-corrected chi connectivity index (χ4v) is 4.37. The van der Waals surface area contributed by atoms with Crippen LogP contribution in [0.2, 0.25) is 0 Å². The van der Waals surface area contributed by atoms with Gasteiger partial charge < -0.3 is 4.74 Å². The van der Waals surface area contributed by atoms with E-state index in [4.69, 9.17) is 4.74 Å². The van der Waals surface area contributed by atoms with Gasteiger partial charge in [-0.15, -0.1) is 0 Å². The second-order valence-corrected chi connectivity index (χ2v) is 6.83. The van der Waals surface area contributed by atoms with E-state index >= 15 is 0 Å². The van der Waals surface area contributed by atoms with Crippen LogP contribution >= 0.6 is 0 Å². The van der Waals surface area contributed by atoms with E-state index in [0.717, 1.165) is 6.61 Å². The van der Waals surface area contributed by atoms with Gasteiger partial charge in [-0.1, -0.05) is 38.5 Å². The molecule has 1 N–H and O–H groups in total. The first-order valence-electron chi connectivity index (χ1n) is 8.26. The molecular formula is C16H29NO. The van der Waals surface area contributed by atoms with Gasteiger partial charge in [-0.05, 0) is 44.9 Å². The highest BCUT2D eigenvalue weighted by molar-refractivity contribution is 4.99. The molecule has 0 unspecified atom stereocenters. The van der Waals surface area contributed by atoms with E-state index in [0.29, 0.717) is 5.54 Å². The monoisotopic (exact) mass is 251 g/mol. The van der Waals surface area contributed by atoms with Crippen LogP contribution in [0.25, 0.3) is 0 Å². The quantitative estimate of drug-likeness (QED) is 0.698. The summed E-state index contributed by atoms with van der Waals surface area (Å²) in [5.41, 5.74) is 0.492. The molecule has 2 saturated carbocycles. The highest BCUT2D eigenvalue weighted by Gasteiger charge is 2.44. The predicted molar refractivity (Wildman–Crippen MR) is 74.6 cm³/mol. The van der Waals surface area contributed by atoms with Gasteiger partial charge in [-0.25, -0.2) is 0 Å². The molecule has 1 saturated heterocycles. The van der Waals surface area contributed by atoms with E-state index in [2.05, 4.69) is 5.32 Å². The third kappa shape index (κ3) is 2.75. The normalized spacial score (nSPS) is 32.0.